The summed E-state index contributed by atoms with van der Waals surface area (Å²) in [5, 5.41) is 3.39. The van der Waals surface area contributed by atoms with Gasteiger partial charge in [-0.25, -0.2) is 13.1 Å². The van der Waals surface area contributed by atoms with Gasteiger partial charge in [-0.2, -0.15) is 0 Å². The largest absolute Gasteiger partial charge is 0.377 e. The van der Waals surface area contributed by atoms with Crippen LogP contribution in [-0.2, 0) is 10.0 Å². The zero-order valence-electron chi connectivity index (χ0n) is 13.7. The van der Waals surface area contributed by atoms with E-state index in [1.165, 1.54) is 0 Å². The van der Waals surface area contributed by atoms with Crippen LogP contribution in [0.1, 0.15) is 11.6 Å². The smallest absolute Gasteiger partial charge is 0.240 e. The van der Waals surface area contributed by atoms with Crippen LogP contribution < -0.4 is 10.0 Å². The topological polar surface area (TPSA) is 58.2 Å². The molecule has 0 fully saturated rings. The van der Waals surface area contributed by atoms with Crippen LogP contribution in [-0.4, -0.2) is 15.0 Å². The number of rotatable bonds is 7. The minimum atomic E-state index is -3.55. The second-order valence-electron chi connectivity index (χ2n) is 5.64. The van der Waals surface area contributed by atoms with Crippen LogP contribution in [0.4, 0.5) is 5.69 Å². The van der Waals surface area contributed by atoms with Crippen molar-refractivity contribution >= 4 is 15.7 Å². The zero-order valence-corrected chi connectivity index (χ0v) is 14.5. The molecule has 0 saturated carbocycles. The Balaban J connectivity index is 1.78. The molecule has 0 unspecified atom stereocenters. The fraction of sp³-hybridized carbons (Fsp3) is 0.100. The lowest BCUT2D eigenvalue weighted by atomic mass is 10.1. The third-order valence-corrected chi connectivity index (χ3v) is 5.29. The van der Waals surface area contributed by atoms with Crippen molar-refractivity contribution in [2.45, 2.75) is 10.9 Å². The molecule has 3 aromatic rings. The quantitative estimate of drug-likeness (QED) is 0.680. The molecule has 1 atom stereocenters. The molecule has 0 bridgehead atoms. The van der Waals surface area contributed by atoms with E-state index in [-0.39, 0.29) is 17.5 Å². The predicted octanol–water partition coefficient (Wildman–Crippen LogP) is 3.82. The van der Waals surface area contributed by atoms with Crippen LogP contribution >= 0.6 is 0 Å². The number of hydrogen-bond donors (Lipinski definition) is 2. The third-order valence-electron chi connectivity index (χ3n) is 3.85. The minimum absolute atomic E-state index is 0.179. The van der Waals surface area contributed by atoms with Gasteiger partial charge in [0.2, 0.25) is 10.0 Å². The minimum Gasteiger partial charge on any atom is -0.377 e. The molecule has 25 heavy (non-hydrogen) atoms. The zero-order chi connectivity index (χ0) is 17.5. The average Bonchev–Trinajstić information content (AvgIpc) is 2.67. The summed E-state index contributed by atoms with van der Waals surface area (Å²) in [6, 6.07) is 27.8. The lowest BCUT2D eigenvalue weighted by Gasteiger charge is -2.21. The fourth-order valence-electron chi connectivity index (χ4n) is 2.55. The predicted molar refractivity (Wildman–Crippen MR) is 101 cm³/mol. The summed E-state index contributed by atoms with van der Waals surface area (Å²) in [7, 11) is -3.55. The van der Waals surface area contributed by atoms with Crippen LogP contribution in [0.3, 0.4) is 0 Å². The molecule has 0 spiro atoms. The number of para-hydroxylation sites is 1. The summed E-state index contributed by atoms with van der Waals surface area (Å²) in [5.41, 5.74) is 1.96. The van der Waals surface area contributed by atoms with E-state index in [0.29, 0.717) is 0 Å². The first-order valence-electron chi connectivity index (χ1n) is 8.06. The Morgan fingerprint density at radius 1 is 0.720 bits per heavy atom. The van der Waals surface area contributed by atoms with Crippen LogP contribution in [0.15, 0.2) is 95.9 Å². The third kappa shape index (κ3) is 4.68. The van der Waals surface area contributed by atoms with Gasteiger partial charge in [-0.3, -0.25) is 0 Å². The van der Waals surface area contributed by atoms with Crippen molar-refractivity contribution in [1.29, 1.82) is 0 Å². The molecule has 0 aliphatic heterocycles. The normalized spacial score (nSPS) is 12.5. The molecule has 0 aromatic heterocycles. The summed E-state index contributed by atoms with van der Waals surface area (Å²) < 4.78 is 27.7. The lowest BCUT2D eigenvalue weighted by molar-refractivity contribution is 0.576. The van der Waals surface area contributed by atoms with Gasteiger partial charge < -0.3 is 5.32 Å². The van der Waals surface area contributed by atoms with Gasteiger partial charge in [0.15, 0.2) is 0 Å². The van der Waals surface area contributed by atoms with E-state index in [0.717, 1.165) is 11.3 Å². The first-order valence-corrected chi connectivity index (χ1v) is 9.55. The molecule has 0 amide bonds. The molecule has 0 radical (unpaired) electrons. The standard InChI is InChI=1S/C20H20N2O2S/c23-25(24,19-14-8-3-9-15-19)21-16-20(17-10-4-1-5-11-17)22-18-12-6-2-7-13-18/h1-15,20-22H,16H2/t20-/m1/s1. The maximum Gasteiger partial charge on any atom is 0.240 e. The fourth-order valence-corrected chi connectivity index (χ4v) is 3.62. The molecule has 0 aliphatic carbocycles. The van der Waals surface area contributed by atoms with Crippen molar-refractivity contribution in [2.24, 2.45) is 0 Å². The Bertz CT molecular complexity index is 883. The van der Waals surface area contributed by atoms with E-state index in [1.807, 2.05) is 60.7 Å². The van der Waals surface area contributed by atoms with Gasteiger partial charge in [0, 0.05) is 12.2 Å². The molecule has 5 heteroatoms. The highest BCUT2D eigenvalue weighted by molar-refractivity contribution is 7.89. The molecule has 0 heterocycles. The van der Waals surface area contributed by atoms with Crippen molar-refractivity contribution in [1.82, 2.24) is 4.72 Å². The summed E-state index contributed by atoms with van der Waals surface area (Å²) in [5.74, 6) is 0. The van der Waals surface area contributed by atoms with Gasteiger partial charge in [-0.05, 0) is 29.8 Å². The van der Waals surface area contributed by atoms with Gasteiger partial charge in [0.1, 0.15) is 0 Å². The summed E-state index contributed by atoms with van der Waals surface area (Å²) >= 11 is 0. The molecule has 4 nitrogen and oxygen atoms in total. The Morgan fingerprint density at radius 3 is 1.84 bits per heavy atom. The molecule has 0 aliphatic rings. The van der Waals surface area contributed by atoms with Crippen LogP contribution in [0.2, 0.25) is 0 Å². The summed E-state index contributed by atoms with van der Waals surface area (Å²) in [6.07, 6.45) is 0. The van der Waals surface area contributed by atoms with E-state index in [2.05, 4.69) is 10.0 Å². The number of anilines is 1. The van der Waals surface area contributed by atoms with E-state index < -0.39 is 10.0 Å². The molecule has 2 N–H and O–H groups in total. The van der Waals surface area contributed by atoms with Crippen LogP contribution in [0, 0.1) is 0 Å². The van der Waals surface area contributed by atoms with E-state index in [4.69, 9.17) is 0 Å². The number of sulfonamides is 1. The molecule has 3 rings (SSSR count). The maximum absolute atomic E-state index is 12.5. The first kappa shape index (κ1) is 17.2. The Kier molecular flexibility index (Phi) is 5.48. The monoisotopic (exact) mass is 352 g/mol. The Hall–Kier alpha value is -2.63. The molecule has 128 valence electrons. The van der Waals surface area contributed by atoms with Crippen molar-refractivity contribution in [2.75, 3.05) is 11.9 Å². The second-order valence-corrected chi connectivity index (χ2v) is 7.41. The lowest BCUT2D eigenvalue weighted by Crippen LogP contribution is -2.31. The van der Waals surface area contributed by atoms with Gasteiger partial charge in [0.25, 0.3) is 0 Å². The molecular formula is C20H20N2O2S. The SMILES string of the molecule is O=S(=O)(NC[C@@H](Nc1ccccc1)c1ccccc1)c1ccccc1. The summed E-state index contributed by atoms with van der Waals surface area (Å²) in [6.45, 7) is 0.246. The highest BCUT2D eigenvalue weighted by Crippen LogP contribution is 2.19. The average molecular weight is 352 g/mol. The highest BCUT2D eigenvalue weighted by Gasteiger charge is 2.17. The van der Waals surface area contributed by atoms with E-state index >= 15 is 0 Å². The Labute approximate surface area is 148 Å². The van der Waals surface area contributed by atoms with Crippen molar-refractivity contribution < 1.29 is 8.42 Å². The Morgan fingerprint density at radius 2 is 1.24 bits per heavy atom. The number of hydrogen-bond acceptors (Lipinski definition) is 3. The van der Waals surface area contributed by atoms with Crippen molar-refractivity contribution in [3.8, 4) is 0 Å². The van der Waals surface area contributed by atoms with Crippen molar-refractivity contribution in [3.63, 3.8) is 0 Å². The van der Waals surface area contributed by atoms with Gasteiger partial charge in [0.05, 0.1) is 10.9 Å². The van der Waals surface area contributed by atoms with E-state index in [1.54, 1.807) is 30.3 Å². The molecular weight excluding hydrogens is 332 g/mol. The first-order chi connectivity index (χ1) is 12.1. The van der Waals surface area contributed by atoms with Gasteiger partial charge in [-0.15, -0.1) is 0 Å². The van der Waals surface area contributed by atoms with Gasteiger partial charge in [-0.1, -0.05) is 66.7 Å². The van der Waals surface area contributed by atoms with Crippen molar-refractivity contribution in [3.05, 3.63) is 96.6 Å². The van der Waals surface area contributed by atoms with Crippen LogP contribution in [0.25, 0.3) is 0 Å². The molecule has 3 aromatic carbocycles. The highest BCUT2D eigenvalue weighted by atomic mass is 32.2. The molecule has 0 saturated heterocycles. The van der Waals surface area contributed by atoms with Crippen LogP contribution in [0.5, 0.6) is 0 Å². The number of benzene rings is 3. The van der Waals surface area contributed by atoms with Gasteiger partial charge >= 0.3 is 0 Å². The summed E-state index contributed by atoms with van der Waals surface area (Å²) in [4.78, 5) is 0.265. The maximum atomic E-state index is 12.5. The van der Waals surface area contributed by atoms with E-state index in [9.17, 15) is 8.42 Å². The number of nitrogens with one attached hydrogen (secondary N) is 2. The second kappa shape index (κ2) is 7.96.